The standard InChI is InChI=1S/C18H20N2O3/c1-18(2,3)23-17(21)20-16(15-9-6-10-22-15)13-11-19-14-8-5-4-7-12(13)14/h4-11,16,19H,1-3H3,(H,20,21)/t16-/m0/s1. The molecule has 0 saturated carbocycles. The molecule has 0 aliphatic heterocycles. The van der Waals surface area contributed by atoms with E-state index in [1.165, 1.54) is 0 Å². The molecule has 0 fully saturated rings. The zero-order valence-electron chi connectivity index (χ0n) is 13.4. The minimum Gasteiger partial charge on any atom is -0.467 e. The molecule has 2 N–H and O–H groups in total. The number of carbonyl (C=O) groups is 1. The van der Waals surface area contributed by atoms with Crippen LogP contribution in [0.2, 0.25) is 0 Å². The number of hydrogen-bond acceptors (Lipinski definition) is 3. The number of rotatable bonds is 3. The number of hydrogen-bond donors (Lipinski definition) is 2. The van der Waals surface area contributed by atoms with E-state index in [0.29, 0.717) is 5.76 Å². The Bertz CT molecular complexity index is 797. The van der Waals surface area contributed by atoms with Crippen LogP contribution in [0, 0.1) is 0 Å². The zero-order chi connectivity index (χ0) is 16.4. The molecule has 120 valence electrons. The van der Waals surface area contributed by atoms with Crippen LogP contribution in [0.4, 0.5) is 4.79 Å². The number of fused-ring (bicyclic) bond motifs is 1. The van der Waals surface area contributed by atoms with Crippen LogP contribution in [-0.4, -0.2) is 16.7 Å². The van der Waals surface area contributed by atoms with Crippen molar-refractivity contribution in [3.63, 3.8) is 0 Å². The lowest BCUT2D eigenvalue weighted by molar-refractivity contribution is 0.0507. The van der Waals surface area contributed by atoms with Crippen molar-refractivity contribution >= 4 is 17.0 Å². The fourth-order valence-corrected chi connectivity index (χ4v) is 2.52. The highest BCUT2D eigenvalue weighted by molar-refractivity contribution is 5.84. The maximum absolute atomic E-state index is 12.2. The van der Waals surface area contributed by atoms with E-state index in [1.54, 1.807) is 12.3 Å². The van der Waals surface area contributed by atoms with Gasteiger partial charge in [-0.15, -0.1) is 0 Å². The molecule has 0 aliphatic carbocycles. The molecular weight excluding hydrogens is 292 g/mol. The molecule has 5 nitrogen and oxygen atoms in total. The summed E-state index contributed by atoms with van der Waals surface area (Å²) in [7, 11) is 0. The van der Waals surface area contributed by atoms with Crippen LogP contribution in [0.15, 0.2) is 53.3 Å². The van der Waals surface area contributed by atoms with E-state index < -0.39 is 17.7 Å². The van der Waals surface area contributed by atoms with Gasteiger partial charge in [-0.2, -0.15) is 0 Å². The lowest BCUT2D eigenvalue weighted by atomic mass is 10.0. The number of amides is 1. The summed E-state index contributed by atoms with van der Waals surface area (Å²) in [6.45, 7) is 5.50. The molecule has 1 amide bonds. The summed E-state index contributed by atoms with van der Waals surface area (Å²) >= 11 is 0. The second-order valence-electron chi connectivity index (χ2n) is 6.38. The van der Waals surface area contributed by atoms with Gasteiger partial charge in [0.2, 0.25) is 0 Å². The van der Waals surface area contributed by atoms with Crippen LogP contribution in [0.5, 0.6) is 0 Å². The number of para-hydroxylation sites is 1. The predicted octanol–water partition coefficient (Wildman–Crippen LogP) is 4.38. The van der Waals surface area contributed by atoms with Crippen LogP contribution in [-0.2, 0) is 4.74 Å². The summed E-state index contributed by atoms with van der Waals surface area (Å²) < 4.78 is 10.9. The number of H-pyrrole nitrogens is 1. The first kappa shape index (κ1) is 15.2. The second kappa shape index (κ2) is 5.83. The van der Waals surface area contributed by atoms with Crippen molar-refractivity contribution < 1.29 is 13.9 Å². The first-order valence-corrected chi connectivity index (χ1v) is 7.53. The van der Waals surface area contributed by atoms with Gasteiger partial charge in [0.15, 0.2) is 0 Å². The Kier molecular flexibility index (Phi) is 3.86. The number of furan rings is 1. The molecule has 0 radical (unpaired) electrons. The molecule has 0 bridgehead atoms. The third-order valence-corrected chi connectivity index (χ3v) is 3.42. The molecule has 2 aromatic heterocycles. The van der Waals surface area contributed by atoms with Crippen LogP contribution in [0.25, 0.3) is 10.9 Å². The summed E-state index contributed by atoms with van der Waals surface area (Å²) in [6.07, 6.45) is 2.99. The van der Waals surface area contributed by atoms with Gasteiger partial charge in [0.1, 0.15) is 17.4 Å². The fourth-order valence-electron chi connectivity index (χ4n) is 2.52. The highest BCUT2D eigenvalue weighted by atomic mass is 16.6. The monoisotopic (exact) mass is 312 g/mol. The molecule has 5 heteroatoms. The third kappa shape index (κ3) is 3.39. The number of carbonyl (C=O) groups excluding carboxylic acids is 1. The molecule has 0 spiro atoms. The molecule has 23 heavy (non-hydrogen) atoms. The van der Waals surface area contributed by atoms with Gasteiger partial charge in [0.25, 0.3) is 0 Å². The van der Waals surface area contributed by atoms with Gasteiger partial charge in [-0.3, -0.25) is 0 Å². The van der Waals surface area contributed by atoms with Crippen molar-refractivity contribution in [2.24, 2.45) is 0 Å². The molecule has 0 saturated heterocycles. The first-order chi connectivity index (χ1) is 10.9. The Hall–Kier alpha value is -2.69. The van der Waals surface area contributed by atoms with E-state index in [4.69, 9.17) is 9.15 Å². The predicted molar refractivity (Wildman–Crippen MR) is 88.2 cm³/mol. The van der Waals surface area contributed by atoms with Gasteiger partial charge in [-0.1, -0.05) is 18.2 Å². The molecular formula is C18H20N2O3. The maximum atomic E-state index is 12.2. The van der Waals surface area contributed by atoms with Crippen molar-refractivity contribution in [3.05, 3.63) is 60.2 Å². The number of alkyl carbamates (subject to hydrolysis) is 1. The van der Waals surface area contributed by atoms with Crippen LogP contribution >= 0.6 is 0 Å². The molecule has 3 rings (SSSR count). The topological polar surface area (TPSA) is 67.3 Å². The summed E-state index contributed by atoms with van der Waals surface area (Å²) in [5, 5.41) is 3.93. The Balaban J connectivity index is 1.95. The largest absolute Gasteiger partial charge is 0.467 e. The summed E-state index contributed by atoms with van der Waals surface area (Å²) in [4.78, 5) is 15.4. The smallest absolute Gasteiger partial charge is 0.408 e. The summed E-state index contributed by atoms with van der Waals surface area (Å²) in [5.74, 6) is 0.653. The normalized spacial score (nSPS) is 13.0. The molecule has 2 heterocycles. The van der Waals surface area contributed by atoms with Gasteiger partial charge in [-0.05, 0) is 39.0 Å². The lowest BCUT2D eigenvalue weighted by Gasteiger charge is -2.22. The molecule has 0 aliphatic rings. The highest BCUT2D eigenvalue weighted by Gasteiger charge is 2.25. The van der Waals surface area contributed by atoms with E-state index in [2.05, 4.69) is 10.3 Å². The highest BCUT2D eigenvalue weighted by Crippen LogP contribution is 2.29. The Labute approximate surface area is 134 Å². The third-order valence-electron chi connectivity index (χ3n) is 3.42. The Morgan fingerprint density at radius 3 is 2.70 bits per heavy atom. The van der Waals surface area contributed by atoms with Crippen LogP contribution in [0.3, 0.4) is 0 Å². The number of nitrogens with one attached hydrogen (secondary N) is 2. The first-order valence-electron chi connectivity index (χ1n) is 7.53. The van der Waals surface area contributed by atoms with E-state index >= 15 is 0 Å². The van der Waals surface area contributed by atoms with Gasteiger partial charge >= 0.3 is 6.09 Å². The number of aromatic nitrogens is 1. The van der Waals surface area contributed by atoms with E-state index in [1.807, 2.05) is 57.3 Å². The lowest BCUT2D eigenvalue weighted by Crippen LogP contribution is -2.35. The number of ether oxygens (including phenoxy) is 1. The summed E-state index contributed by atoms with van der Waals surface area (Å²) in [5.41, 5.74) is 1.38. The van der Waals surface area contributed by atoms with E-state index in [9.17, 15) is 4.79 Å². The minimum absolute atomic E-state index is 0.420. The Morgan fingerprint density at radius 2 is 2.00 bits per heavy atom. The quantitative estimate of drug-likeness (QED) is 0.754. The molecule has 1 atom stereocenters. The minimum atomic E-state index is -0.558. The SMILES string of the molecule is CC(C)(C)OC(=O)N[C@H](c1ccco1)c1c[nH]c2ccccc12. The zero-order valence-corrected chi connectivity index (χ0v) is 13.4. The van der Waals surface area contributed by atoms with Crippen LogP contribution in [0.1, 0.15) is 38.1 Å². The van der Waals surface area contributed by atoms with E-state index in [-0.39, 0.29) is 0 Å². The van der Waals surface area contributed by atoms with E-state index in [0.717, 1.165) is 16.5 Å². The number of benzene rings is 1. The Morgan fingerprint density at radius 1 is 1.22 bits per heavy atom. The summed E-state index contributed by atoms with van der Waals surface area (Å²) in [6, 6.07) is 11.1. The molecule has 0 unspecified atom stereocenters. The fraction of sp³-hybridized carbons (Fsp3) is 0.278. The van der Waals surface area contributed by atoms with Crippen molar-refractivity contribution in [3.8, 4) is 0 Å². The van der Waals surface area contributed by atoms with Crippen molar-refractivity contribution in [2.45, 2.75) is 32.4 Å². The molecule has 1 aromatic carbocycles. The molecule has 3 aromatic rings. The van der Waals surface area contributed by atoms with Gasteiger partial charge in [0.05, 0.1) is 6.26 Å². The average Bonchev–Trinajstić information content (AvgIpc) is 3.13. The van der Waals surface area contributed by atoms with Crippen molar-refractivity contribution in [1.82, 2.24) is 10.3 Å². The second-order valence-corrected chi connectivity index (χ2v) is 6.38. The van der Waals surface area contributed by atoms with Gasteiger partial charge in [0, 0.05) is 22.7 Å². The van der Waals surface area contributed by atoms with Crippen molar-refractivity contribution in [1.29, 1.82) is 0 Å². The number of aromatic amines is 1. The van der Waals surface area contributed by atoms with Gasteiger partial charge < -0.3 is 19.5 Å². The van der Waals surface area contributed by atoms with Gasteiger partial charge in [-0.25, -0.2) is 4.79 Å². The average molecular weight is 312 g/mol. The van der Waals surface area contributed by atoms with Crippen LogP contribution < -0.4 is 5.32 Å². The van der Waals surface area contributed by atoms with Crippen molar-refractivity contribution in [2.75, 3.05) is 0 Å². The maximum Gasteiger partial charge on any atom is 0.408 e.